The third-order valence-electron chi connectivity index (χ3n) is 2.16. The van der Waals surface area contributed by atoms with Crippen LogP contribution in [0.3, 0.4) is 0 Å². The average Bonchev–Trinajstić information content (AvgIpc) is 2.77. The van der Waals surface area contributed by atoms with Gasteiger partial charge in [0.25, 0.3) is 0 Å². The smallest absolute Gasteiger partial charge is 0.387 e. The number of aromatic carboxylic acids is 1. The Hall–Kier alpha value is -2.51. The van der Waals surface area contributed by atoms with Crippen LogP contribution in [0.2, 0.25) is 0 Å². The van der Waals surface area contributed by atoms with Crippen LogP contribution < -0.4 is 4.74 Å². The summed E-state index contributed by atoms with van der Waals surface area (Å²) in [6.07, 6.45) is 0. The van der Waals surface area contributed by atoms with E-state index in [9.17, 15) is 18.0 Å². The number of alkyl halides is 2. The zero-order chi connectivity index (χ0) is 14.0. The molecule has 1 heterocycles. The monoisotopic (exact) mass is 273 g/mol. The van der Waals surface area contributed by atoms with E-state index in [2.05, 4.69) is 14.4 Å². The number of carbonyl (C=O) groups is 1. The van der Waals surface area contributed by atoms with Gasteiger partial charge in [0.2, 0.25) is 0 Å². The summed E-state index contributed by atoms with van der Waals surface area (Å²) in [5.41, 5.74) is -0.496. The number of hydrogen-bond donors (Lipinski definition) is 1. The summed E-state index contributed by atoms with van der Waals surface area (Å²) < 4.78 is 46.2. The largest absolute Gasteiger partial charge is 0.476 e. The molecule has 0 radical (unpaired) electrons. The van der Waals surface area contributed by atoms with Crippen LogP contribution in [0.4, 0.5) is 13.2 Å². The Morgan fingerprint density at radius 2 is 2.11 bits per heavy atom. The first kappa shape index (κ1) is 12.9. The zero-order valence-electron chi connectivity index (χ0n) is 9.14. The molecule has 0 saturated carbocycles. The number of rotatable bonds is 4. The van der Waals surface area contributed by atoms with E-state index in [1.807, 2.05) is 0 Å². The third-order valence-corrected chi connectivity index (χ3v) is 2.16. The Bertz CT molecular complexity index is 612. The number of carboxylic acid groups (broad SMARTS) is 1. The second-order valence-corrected chi connectivity index (χ2v) is 3.40. The second-order valence-electron chi connectivity index (χ2n) is 3.40. The molecule has 100 valence electrons. The lowest BCUT2D eigenvalue weighted by atomic mass is 10.1. The molecule has 0 unspecified atom stereocenters. The Balaban J connectivity index is 2.32. The van der Waals surface area contributed by atoms with Gasteiger partial charge in [-0.1, -0.05) is 5.16 Å². The van der Waals surface area contributed by atoms with Crippen molar-refractivity contribution in [3.8, 4) is 17.1 Å². The lowest BCUT2D eigenvalue weighted by molar-refractivity contribution is -0.0499. The standard InChI is InChI=1S/C11H6F3NO4/c12-7-3-5(18-11(13)14)1-2-6(7)9-4-8(10(16)17)15-19-9/h1-4,11H,(H,16,17). The second kappa shape index (κ2) is 5.01. The van der Waals surface area contributed by atoms with Crippen molar-refractivity contribution in [2.24, 2.45) is 0 Å². The SMILES string of the molecule is O=C(O)c1cc(-c2ccc(OC(F)F)cc2F)on1. The van der Waals surface area contributed by atoms with Gasteiger partial charge in [0, 0.05) is 12.1 Å². The van der Waals surface area contributed by atoms with Crippen LogP contribution >= 0.6 is 0 Å². The van der Waals surface area contributed by atoms with Crippen molar-refractivity contribution in [3.05, 3.63) is 35.8 Å². The van der Waals surface area contributed by atoms with Crippen LogP contribution in [0.5, 0.6) is 5.75 Å². The number of carboxylic acids is 1. The van der Waals surface area contributed by atoms with Crippen molar-refractivity contribution in [1.29, 1.82) is 0 Å². The first-order chi connectivity index (χ1) is 8.97. The maximum absolute atomic E-state index is 13.6. The minimum atomic E-state index is -3.06. The molecule has 1 aromatic carbocycles. The molecule has 0 amide bonds. The summed E-state index contributed by atoms with van der Waals surface area (Å²) in [6.45, 7) is -3.06. The Labute approximate surface area is 104 Å². The van der Waals surface area contributed by atoms with E-state index >= 15 is 0 Å². The molecule has 1 N–H and O–H groups in total. The Morgan fingerprint density at radius 3 is 2.63 bits per heavy atom. The fourth-order valence-corrected chi connectivity index (χ4v) is 1.37. The first-order valence-corrected chi connectivity index (χ1v) is 4.92. The molecule has 8 heteroatoms. The molecule has 0 fully saturated rings. The molecule has 19 heavy (non-hydrogen) atoms. The highest BCUT2D eigenvalue weighted by molar-refractivity contribution is 5.86. The maximum atomic E-state index is 13.6. The van der Waals surface area contributed by atoms with Gasteiger partial charge >= 0.3 is 12.6 Å². The molecule has 0 saturated heterocycles. The quantitative estimate of drug-likeness (QED) is 0.927. The Kier molecular flexibility index (Phi) is 3.41. The van der Waals surface area contributed by atoms with Crippen LogP contribution in [-0.4, -0.2) is 22.8 Å². The van der Waals surface area contributed by atoms with Crippen LogP contribution in [-0.2, 0) is 0 Å². The predicted molar refractivity (Wildman–Crippen MR) is 55.5 cm³/mol. The van der Waals surface area contributed by atoms with Crippen molar-refractivity contribution in [1.82, 2.24) is 5.16 Å². The molecular formula is C11H6F3NO4. The highest BCUT2D eigenvalue weighted by atomic mass is 19.3. The van der Waals surface area contributed by atoms with E-state index in [0.29, 0.717) is 0 Å². The van der Waals surface area contributed by atoms with Crippen molar-refractivity contribution in [3.63, 3.8) is 0 Å². The van der Waals surface area contributed by atoms with Gasteiger partial charge in [-0.15, -0.1) is 0 Å². The minimum absolute atomic E-state index is 0.110. The van der Waals surface area contributed by atoms with Gasteiger partial charge < -0.3 is 14.4 Å². The van der Waals surface area contributed by atoms with Gasteiger partial charge in [0.15, 0.2) is 11.5 Å². The number of hydrogen-bond acceptors (Lipinski definition) is 4. The van der Waals surface area contributed by atoms with Gasteiger partial charge in [-0.2, -0.15) is 8.78 Å². The number of halogens is 3. The van der Waals surface area contributed by atoms with E-state index in [0.717, 1.165) is 24.3 Å². The summed E-state index contributed by atoms with van der Waals surface area (Å²) in [6, 6.07) is 3.99. The van der Waals surface area contributed by atoms with Crippen LogP contribution in [0.25, 0.3) is 11.3 Å². The van der Waals surface area contributed by atoms with Crippen LogP contribution in [0.1, 0.15) is 10.5 Å². The van der Waals surface area contributed by atoms with Crippen LogP contribution in [0.15, 0.2) is 28.8 Å². The highest BCUT2D eigenvalue weighted by Gasteiger charge is 2.16. The van der Waals surface area contributed by atoms with E-state index in [1.165, 1.54) is 0 Å². The van der Waals surface area contributed by atoms with Crippen molar-refractivity contribution >= 4 is 5.97 Å². The Morgan fingerprint density at radius 1 is 1.37 bits per heavy atom. The molecule has 0 aliphatic rings. The van der Waals surface area contributed by atoms with Gasteiger partial charge in [-0.3, -0.25) is 0 Å². The lowest BCUT2D eigenvalue weighted by Crippen LogP contribution is -2.02. The molecule has 2 aromatic rings. The lowest BCUT2D eigenvalue weighted by Gasteiger charge is -2.05. The fraction of sp³-hybridized carbons (Fsp3) is 0.0909. The fourth-order valence-electron chi connectivity index (χ4n) is 1.37. The topological polar surface area (TPSA) is 72.6 Å². The van der Waals surface area contributed by atoms with E-state index < -0.39 is 18.4 Å². The number of aromatic nitrogens is 1. The van der Waals surface area contributed by atoms with E-state index in [4.69, 9.17) is 5.11 Å². The average molecular weight is 273 g/mol. The first-order valence-electron chi connectivity index (χ1n) is 4.92. The molecule has 0 spiro atoms. The van der Waals surface area contributed by atoms with Crippen molar-refractivity contribution in [2.45, 2.75) is 6.61 Å². The highest BCUT2D eigenvalue weighted by Crippen LogP contribution is 2.27. The zero-order valence-corrected chi connectivity index (χ0v) is 9.14. The summed E-state index contributed by atoms with van der Waals surface area (Å²) >= 11 is 0. The predicted octanol–water partition coefficient (Wildman–Crippen LogP) is 2.78. The van der Waals surface area contributed by atoms with Gasteiger partial charge in [0.05, 0.1) is 5.56 Å². The molecule has 1 aromatic heterocycles. The third kappa shape index (κ3) is 2.84. The summed E-state index contributed by atoms with van der Waals surface area (Å²) in [5.74, 6) is -2.70. The molecule has 0 bridgehead atoms. The molecule has 2 rings (SSSR count). The molecule has 0 aliphatic heterocycles. The van der Waals surface area contributed by atoms with Crippen LogP contribution in [0, 0.1) is 5.82 Å². The van der Waals surface area contributed by atoms with Crippen molar-refractivity contribution < 1.29 is 32.3 Å². The molecule has 5 nitrogen and oxygen atoms in total. The summed E-state index contributed by atoms with van der Waals surface area (Å²) in [7, 11) is 0. The van der Waals surface area contributed by atoms with Gasteiger partial charge in [-0.05, 0) is 12.1 Å². The number of nitrogens with zero attached hydrogens (tertiary/aromatic N) is 1. The van der Waals surface area contributed by atoms with Gasteiger partial charge in [-0.25, -0.2) is 9.18 Å². The molecular weight excluding hydrogens is 267 g/mol. The maximum Gasteiger partial charge on any atom is 0.387 e. The van der Waals surface area contributed by atoms with Gasteiger partial charge in [0.1, 0.15) is 11.6 Å². The minimum Gasteiger partial charge on any atom is -0.476 e. The normalized spacial score (nSPS) is 10.7. The number of benzene rings is 1. The molecule has 0 atom stereocenters. The molecule has 0 aliphatic carbocycles. The summed E-state index contributed by atoms with van der Waals surface area (Å²) in [5, 5.41) is 11.8. The van der Waals surface area contributed by atoms with E-state index in [-0.39, 0.29) is 22.8 Å². The van der Waals surface area contributed by atoms with E-state index in [1.54, 1.807) is 0 Å². The van der Waals surface area contributed by atoms with Crippen molar-refractivity contribution in [2.75, 3.05) is 0 Å². The number of ether oxygens (including phenoxy) is 1. The summed E-state index contributed by atoms with van der Waals surface area (Å²) in [4.78, 5) is 10.6.